The number of aromatic nitrogens is 1. The Kier molecular flexibility index (Phi) is 5.03. The third-order valence-corrected chi connectivity index (χ3v) is 5.96. The lowest BCUT2D eigenvalue weighted by atomic mass is 10.0. The van der Waals surface area contributed by atoms with E-state index >= 15 is 0 Å². The molecule has 2 aliphatic rings. The highest BCUT2D eigenvalue weighted by Gasteiger charge is 2.36. The molecule has 2 fully saturated rings. The van der Waals surface area contributed by atoms with Gasteiger partial charge in [0.1, 0.15) is 9.84 Å². The van der Waals surface area contributed by atoms with E-state index in [4.69, 9.17) is 9.72 Å². The van der Waals surface area contributed by atoms with Crippen LogP contribution in [-0.4, -0.2) is 44.0 Å². The van der Waals surface area contributed by atoms with Gasteiger partial charge >= 0.3 is 0 Å². The highest BCUT2D eigenvalue weighted by molar-refractivity contribution is 7.90. The monoisotopic (exact) mass is 380 g/mol. The average Bonchev–Trinajstić information content (AvgIpc) is 3.43. The summed E-state index contributed by atoms with van der Waals surface area (Å²) < 4.78 is 28.3. The molecule has 0 aromatic carbocycles. The molecule has 0 saturated heterocycles. The zero-order valence-electron chi connectivity index (χ0n) is 16.0. The Morgan fingerprint density at radius 1 is 1.27 bits per heavy atom. The first-order chi connectivity index (χ1) is 12.1. The van der Waals surface area contributed by atoms with Crippen LogP contribution in [0.1, 0.15) is 79.5 Å². The van der Waals surface area contributed by atoms with Crippen molar-refractivity contribution in [2.45, 2.75) is 63.3 Å². The number of amides is 1. The molecule has 1 heterocycles. The van der Waals surface area contributed by atoms with Crippen molar-refractivity contribution in [1.82, 2.24) is 10.3 Å². The fourth-order valence-electron chi connectivity index (χ4n) is 3.12. The standard InChI is InChI=1S/C19H28N2O4S/c1-19(2,9-10-26(4,23)24)21-18(22)17-15(25-3)11-14(12-5-6-12)16(20-17)13-7-8-13/h11-13H,5-10H2,1-4H3,(H,21,22). The number of methoxy groups -OCH3 is 1. The Hall–Kier alpha value is -1.63. The number of nitrogens with one attached hydrogen (secondary N) is 1. The molecule has 0 unspecified atom stereocenters. The third kappa shape index (κ3) is 4.75. The van der Waals surface area contributed by atoms with E-state index < -0.39 is 15.4 Å². The largest absolute Gasteiger partial charge is 0.494 e. The second-order valence-corrected chi connectivity index (χ2v) is 10.5. The first-order valence-electron chi connectivity index (χ1n) is 9.19. The highest BCUT2D eigenvalue weighted by Crippen LogP contribution is 2.49. The van der Waals surface area contributed by atoms with Crippen LogP contribution in [0, 0.1) is 0 Å². The van der Waals surface area contributed by atoms with E-state index in [0.29, 0.717) is 29.7 Å². The van der Waals surface area contributed by atoms with Crippen LogP contribution in [0.2, 0.25) is 0 Å². The van der Waals surface area contributed by atoms with Crippen molar-refractivity contribution >= 4 is 15.7 Å². The van der Waals surface area contributed by atoms with Crippen LogP contribution in [0.15, 0.2) is 6.07 Å². The number of ether oxygens (including phenoxy) is 1. The summed E-state index contributed by atoms with van der Waals surface area (Å²) in [6.45, 7) is 3.64. The molecule has 3 rings (SSSR count). The van der Waals surface area contributed by atoms with Crippen molar-refractivity contribution in [3.63, 3.8) is 0 Å². The number of hydrogen-bond donors (Lipinski definition) is 1. The fraction of sp³-hybridized carbons (Fsp3) is 0.684. The molecule has 26 heavy (non-hydrogen) atoms. The number of nitrogens with zero attached hydrogens (tertiary/aromatic N) is 1. The molecule has 0 atom stereocenters. The molecule has 1 aromatic rings. The quantitative estimate of drug-likeness (QED) is 0.749. The first kappa shape index (κ1) is 19.1. The van der Waals surface area contributed by atoms with E-state index in [9.17, 15) is 13.2 Å². The van der Waals surface area contributed by atoms with E-state index in [1.165, 1.54) is 24.7 Å². The minimum atomic E-state index is -3.08. The molecule has 2 saturated carbocycles. The second-order valence-electron chi connectivity index (χ2n) is 8.28. The SMILES string of the molecule is COc1cc(C2CC2)c(C2CC2)nc1C(=O)NC(C)(C)CCS(C)(=O)=O. The predicted molar refractivity (Wildman–Crippen MR) is 101 cm³/mol. The Morgan fingerprint density at radius 3 is 2.38 bits per heavy atom. The van der Waals surface area contributed by atoms with Crippen LogP contribution >= 0.6 is 0 Å². The Labute approximate surface area is 155 Å². The normalized spacial score (nSPS) is 17.8. The topological polar surface area (TPSA) is 85.4 Å². The van der Waals surface area contributed by atoms with E-state index in [0.717, 1.165) is 18.5 Å². The Bertz CT molecular complexity index is 809. The summed E-state index contributed by atoms with van der Waals surface area (Å²) in [6.07, 6.45) is 6.15. The van der Waals surface area contributed by atoms with Gasteiger partial charge < -0.3 is 10.1 Å². The molecule has 1 amide bonds. The van der Waals surface area contributed by atoms with Crippen molar-refractivity contribution in [3.05, 3.63) is 23.0 Å². The van der Waals surface area contributed by atoms with Gasteiger partial charge in [0.05, 0.1) is 12.9 Å². The summed E-state index contributed by atoms with van der Waals surface area (Å²) in [4.78, 5) is 17.6. The van der Waals surface area contributed by atoms with Gasteiger partial charge in [-0.25, -0.2) is 13.4 Å². The number of sulfone groups is 1. The summed E-state index contributed by atoms with van der Waals surface area (Å²) in [5.41, 5.74) is 1.93. The van der Waals surface area contributed by atoms with Gasteiger partial charge in [0, 0.05) is 23.4 Å². The molecule has 6 nitrogen and oxygen atoms in total. The first-order valence-corrected chi connectivity index (χ1v) is 11.2. The van der Waals surface area contributed by atoms with Gasteiger partial charge in [-0.1, -0.05) is 0 Å². The minimum absolute atomic E-state index is 0.0266. The van der Waals surface area contributed by atoms with Gasteiger partial charge in [0.25, 0.3) is 5.91 Å². The number of pyridine rings is 1. The maximum Gasteiger partial charge on any atom is 0.274 e. The summed E-state index contributed by atoms with van der Waals surface area (Å²) in [7, 11) is -1.53. The van der Waals surface area contributed by atoms with Crippen LogP contribution < -0.4 is 10.1 Å². The molecule has 2 aliphatic carbocycles. The Morgan fingerprint density at radius 2 is 1.88 bits per heavy atom. The van der Waals surface area contributed by atoms with Crippen LogP contribution in [-0.2, 0) is 9.84 Å². The number of carbonyl (C=O) groups is 1. The van der Waals surface area contributed by atoms with Crippen molar-refractivity contribution in [1.29, 1.82) is 0 Å². The van der Waals surface area contributed by atoms with Gasteiger partial charge in [-0.05, 0) is 63.5 Å². The summed E-state index contributed by atoms with van der Waals surface area (Å²) in [5.74, 6) is 1.22. The van der Waals surface area contributed by atoms with Crippen molar-refractivity contribution in [3.8, 4) is 5.75 Å². The van der Waals surface area contributed by atoms with Crippen molar-refractivity contribution in [2.24, 2.45) is 0 Å². The lowest BCUT2D eigenvalue weighted by Crippen LogP contribution is -2.45. The number of hydrogen-bond acceptors (Lipinski definition) is 5. The van der Waals surface area contributed by atoms with Crippen LogP contribution in [0.5, 0.6) is 5.75 Å². The molecule has 0 bridgehead atoms. The smallest absolute Gasteiger partial charge is 0.274 e. The van der Waals surface area contributed by atoms with Gasteiger partial charge in [0.2, 0.25) is 0 Å². The molecule has 144 valence electrons. The summed E-state index contributed by atoms with van der Waals surface area (Å²) in [5, 5.41) is 2.92. The molecule has 1 N–H and O–H groups in total. The molecule has 0 spiro atoms. The lowest BCUT2D eigenvalue weighted by molar-refractivity contribution is 0.0902. The van der Waals surface area contributed by atoms with E-state index in [1.54, 1.807) is 7.11 Å². The van der Waals surface area contributed by atoms with Gasteiger partial charge in [-0.2, -0.15) is 0 Å². The lowest BCUT2D eigenvalue weighted by Gasteiger charge is -2.26. The number of rotatable bonds is 8. The van der Waals surface area contributed by atoms with Crippen LogP contribution in [0.4, 0.5) is 0 Å². The van der Waals surface area contributed by atoms with Gasteiger partial charge in [-0.15, -0.1) is 0 Å². The maximum atomic E-state index is 12.9. The van der Waals surface area contributed by atoms with E-state index in [-0.39, 0.29) is 11.7 Å². The van der Waals surface area contributed by atoms with Crippen LogP contribution in [0.25, 0.3) is 0 Å². The zero-order chi connectivity index (χ0) is 19.1. The number of carbonyl (C=O) groups excluding carboxylic acids is 1. The maximum absolute atomic E-state index is 12.9. The summed E-state index contributed by atoms with van der Waals surface area (Å²) >= 11 is 0. The molecular weight excluding hydrogens is 352 g/mol. The minimum Gasteiger partial charge on any atom is -0.494 e. The highest BCUT2D eigenvalue weighted by atomic mass is 32.2. The fourth-order valence-corrected chi connectivity index (χ4v) is 4.00. The van der Waals surface area contributed by atoms with Gasteiger partial charge in [-0.3, -0.25) is 4.79 Å². The molecule has 0 aliphatic heterocycles. The van der Waals surface area contributed by atoms with Crippen molar-refractivity contribution < 1.29 is 17.9 Å². The third-order valence-electron chi connectivity index (χ3n) is 5.01. The predicted octanol–water partition coefficient (Wildman–Crippen LogP) is 2.79. The molecule has 7 heteroatoms. The van der Waals surface area contributed by atoms with Crippen molar-refractivity contribution in [2.75, 3.05) is 19.1 Å². The molecule has 0 radical (unpaired) electrons. The Balaban J connectivity index is 1.83. The zero-order valence-corrected chi connectivity index (χ0v) is 16.8. The second kappa shape index (κ2) is 6.83. The summed E-state index contributed by atoms with van der Waals surface area (Å²) in [6, 6.07) is 1.98. The van der Waals surface area contributed by atoms with E-state index in [2.05, 4.69) is 5.32 Å². The molecular formula is C19H28N2O4S. The van der Waals surface area contributed by atoms with Gasteiger partial charge in [0.15, 0.2) is 11.4 Å². The van der Waals surface area contributed by atoms with E-state index in [1.807, 2.05) is 19.9 Å². The van der Waals surface area contributed by atoms with Crippen LogP contribution in [0.3, 0.4) is 0 Å². The average molecular weight is 381 g/mol. The molecule has 1 aromatic heterocycles.